The number of carbonyl (C=O) groups excluding carboxylic acids is 2. The van der Waals surface area contributed by atoms with Crippen molar-refractivity contribution in [2.24, 2.45) is 0 Å². The van der Waals surface area contributed by atoms with Crippen molar-refractivity contribution < 1.29 is 9.59 Å². The Balaban J connectivity index is 1.45. The molecule has 1 atom stereocenters. The lowest BCUT2D eigenvalue weighted by atomic mass is 10.0. The minimum Gasteiger partial charge on any atom is -0.339 e. The fourth-order valence-electron chi connectivity index (χ4n) is 3.76. The van der Waals surface area contributed by atoms with E-state index in [2.05, 4.69) is 27.8 Å². The lowest BCUT2D eigenvalue weighted by Crippen LogP contribution is -2.52. The van der Waals surface area contributed by atoms with Crippen LogP contribution in [-0.4, -0.2) is 71.8 Å². The van der Waals surface area contributed by atoms with Crippen LogP contribution in [-0.2, 0) is 9.59 Å². The van der Waals surface area contributed by atoms with Gasteiger partial charge in [0.2, 0.25) is 11.8 Å². The highest BCUT2D eigenvalue weighted by molar-refractivity contribution is 9.10. The molecule has 146 valence electrons. The SMILES string of the molecule is CC1CCCCN1C(=O)CN1CCN(C(=O)/C=C/c2cccc(Br)c2)CC1. The number of hydrogen-bond acceptors (Lipinski definition) is 3. The fourth-order valence-corrected chi connectivity index (χ4v) is 4.18. The third-order valence-corrected chi connectivity index (χ3v) is 5.93. The molecule has 2 heterocycles. The molecule has 0 aliphatic carbocycles. The van der Waals surface area contributed by atoms with Gasteiger partial charge < -0.3 is 9.80 Å². The molecule has 6 heteroatoms. The van der Waals surface area contributed by atoms with Gasteiger partial charge in [-0.1, -0.05) is 28.1 Å². The largest absolute Gasteiger partial charge is 0.339 e. The number of carbonyl (C=O) groups is 2. The van der Waals surface area contributed by atoms with Crippen molar-refractivity contribution in [2.45, 2.75) is 32.2 Å². The first kappa shape index (κ1) is 20.1. The molecular weight excluding hydrogens is 406 g/mol. The summed E-state index contributed by atoms with van der Waals surface area (Å²) in [6.07, 6.45) is 6.93. The van der Waals surface area contributed by atoms with Gasteiger partial charge in [0.05, 0.1) is 6.54 Å². The van der Waals surface area contributed by atoms with Crippen LogP contribution in [0.15, 0.2) is 34.8 Å². The van der Waals surface area contributed by atoms with Gasteiger partial charge in [-0.2, -0.15) is 0 Å². The molecular formula is C21H28BrN3O2. The maximum absolute atomic E-state index is 12.6. The first-order valence-corrected chi connectivity index (χ1v) is 10.6. The van der Waals surface area contributed by atoms with Gasteiger partial charge in [-0.3, -0.25) is 14.5 Å². The summed E-state index contributed by atoms with van der Waals surface area (Å²) in [6, 6.07) is 8.23. The Hall–Kier alpha value is -1.66. The van der Waals surface area contributed by atoms with E-state index >= 15 is 0 Å². The molecule has 2 saturated heterocycles. The predicted molar refractivity (Wildman–Crippen MR) is 111 cm³/mol. The highest BCUT2D eigenvalue weighted by atomic mass is 79.9. The van der Waals surface area contributed by atoms with E-state index in [0.717, 1.165) is 42.5 Å². The zero-order chi connectivity index (χ0) is 19.2. The molecule has 2 fully saturated rings. The minimum atomic E-state index is 0.0330. The van der Waals surface area contributed by atoms with Crippen LogP contribution in [0, 0.1) is 0 Å². The van der Waals surface area contributed by atoms with E-state index in [1.807, 2.05) is 40.1 Å². The topological polar surface area (TPSA) is 43.9 Å². The second kappa shape index (κ2) is 9.51. The third kappa shape index (κ3) is 5.66. The number of likely N-dealkylation sites (tertiary alicyclic amines) is 1. The zero-order valence-electron chi connectivity index (χ0n) is 15.9. The van der Waals surface area contributed by atoms with Gasteiger partial charge in [-0.25, -0.2) is 0 Å². The molecule has 1 aromatic carbocycles. The number of piperazine rings is 1. The van der Waals surface area contributed by atoms with Gasteiger partial charge in [-0.05, 0) is 50.0 Å². The van der Waals surface area contributed by atoms with Gasteiger partial charge >= 0.3 is 0 Å². The molecule has 5 nitrogen and oxygen atoms in total. The van der Waals surface area contributed by atoms with Gasteiger partial charge in [0.25, 0.3) is 0 Å². The molecule has 1 unspecified atom stereocenters. The molecule has 2 amide bonds. The summed E-state index contributed by atoms with van der Waals surface area (Å²) in [6.45, 7) is 6.36. The van der Waals surface area contributed by atoms with Crippen LogP contribution in [0.3, 0.4) is 0 Å². The summed E-state index contributed by atoms with van der Waals surface area (Å²) in [7, 11) is 0. The van der Waals surface area contributed by atoms with Crippen LogP contribution < -0.4 is 0 Å². The van der Waals surface area contributed by atoms with Crippen LogP contribution in [0.25, 0.3) is 6.08 Å². The van der Waals surface area contributed by atoms with E-state index in [9.17, 15) is 9.59 Å². The molecule has 27 heavy (non-hydrogen) atoms. The molecule has 0 radical (unpaired) electrons. The number of amides is 2. The number of halogens is 1. The van der Waals surface area contributed by atoms with Crippen LogP contribution in [0.2, 0.25) is 0 Å². The Morgan fingerprint density at radius 2 is 1.93 bits per heavy atom. The number of piperidine rings is 1. The minimum absolute atomic E-state index is 0.0330. The van der Waals surface area contributed by atoms with Crippen LogP contribution >= 0.6 is 15.9 Å². The highest BCUT2D eigenvalue weighted by Gasteiger charge is 2.26. The first-order chi connectivity index (χ1) is 13.0. The summed E-state index contributed by atoms with van der Waals surface area (Å²) < 4.78 is 0.999. The molecule has 0 N–H and O–H groups in total. The Kier molecular flexibility index (Phi) is 7.07. The monoisotopic (exact) mass is 433 g/mol. The summed E-state index contributed by atoms with van der Waals surface area (Å²) in [5.41, 5.74) is 0.998. The summed E-state index contributed by atoms with van der Waals surface area (Å²) in [5, 5.41) is 0. The summed E-state index contributed by atoms with van der Waals surface area (Å²) in [4.78, 5) is 31.0. The van der Waals surface area contributed by atoms with Crippen molar-refractivity contribution >= 4 is 33.8 Å². The van der Waals surface area contributed by atoms with Crippen molar-refractivity contribution in [3.8, 4) is 0 Å². The smallest absolute Gasteiger partial charge is 0.246 e. The van der Waals surface area contributed by atoms with E-state index in [0.29, 0.717) is 25.7 Å². The molecule has 3 rings (SSSR count). The fraction of sp³-hybridized carbons (Fsp3) is 0.524. The van der Waals surface area contributed by atoms with E-state index < -0.39 is 0 Å². The maximum atomic E-state index is 12.6. The Morgan fingerprint density at radius 1 is 1.15 bits per heavy atom. The van der Waals surface area contributed by atoms with Gasteiger partial charge in [0.15, 0.2) is 0 Å². The second-order valence-electron chi connectivity index (χ2n) is 7.42. The average Bonchev–Trinajstić information content (AvgIpc) is 2.67. The predicted octanol–water partition coefficient (Wildman–Crippen LogP) is 3.01. The van der Waals surface area contributed by atoms with Gasteiger partial charge in [0.1, 0.15) is 0 Å². The third-order valence-electron chi connectivity index (χ3n) is 5.43. The van der Waals surface area contributed by atoms with Crippen LogP contribution in [0.4, 0.5) is 0 Å². The lowest BCUT2D eigenvalue weighted by Gasteiger charge is -2.37. The van der Waals surface area contributed by atoms with E-state index in [1.54, 1.807) is 6.08 Å². The lowest BCUT2D eigenvalue weighted by molar-refractivity contribution is -0.136. The summed E-state index contributed by atoms with van der Waals surface area (Å²) >= 11 is 3.44. The maximum Gasteiger partial charge on any atom is 0.246 e. The molecule has 2 aliphatic rings. The van der Waals surface area contributed by atoms with Crippen molar-refractivity contribution in [3.63, 3.8) is 0 Å². The van der Waals surface area contributed by atoms with Gasteiger partial charge in [0, 0.05) is 49.3 Å². The number of nitrogens with zero attached hydrogens (tertiary/aromatic N) is 3. The second-order valence-corrected chi connectivity index (χ2v) is 8.34. The Labute approximate surface area is 170 Å². The van der Waals surface area contributed by atoms with Crippen molar-refractivity contribution in [2.75, 3.05) is 39.3 Å². The number of benzene rings is 1. The van der Waals surface area contributed by atoms with E-state index in [4.69, 9.17) is 0 Å². The van der Waals surface area contributed by atoms with E-state index in [1.165, 1.54) is 6.42 Å². The van der Waals surface area contributed by atoms with E-state index in [-0.39, 0.29) is 11.8 Å². The zero-order valence-corrected chi connectivity index (χ0v) is 17.5. The van der Waals surface area contributed by atoms with Crippen LogP contribution in [0.1, 0.15) is 31.7 Å². The quantitative estimate of drug-likeness (QED) is 0.685. The molecule has 2 aliphatic heterocycles. The van der Waals surface area contributed by atoms with Crippen molar-refractivity contribution in [1.29, 1.82) is 0 Å². The number of hydrogen-bond donors (Lipinski definition) is 0. The van der Waals surface area contributed by atoms with Crippen molar-refractivity contribution in [3.05, 3.63) is 40.4 Å². The Morgan fingerprint density at radius 3 is 2.63 bits per heavy atom. The highest BCUT2D eigenvalue weighted by Crippen LogP contribution is 2.17. The molecule has 0 aromatic heterocycles. The van der Waals surface area contributed by atoms with Gasteiger partial charge in [-0.15, -0.1) is 0 Å². The molecule has 1 aromatic rings. The average molecular weight is 434 g/mol. The molecule has 0 bridgehead atoms. The summed E-state index contributed by atoms with van der Waals surface area (Å²) in [5.74, 6) is 0.266. The van der Waals surface area contributed by atoms with Crippen molar-refractivity contribution in [1.82, 2.24) is 14.7 Å². The number of rotatable bonds is 4. The molecule has 0 spiro atoms. The first-order valence-electron chi connectivity index (χ1n) is 9.77. The van der Waals surface area contributed by atoms with Crippen LogP contribution in [0.5, 0.6) is 0 Å². The Bertz CT molecular complexity index is 698. The normalized spacial score (nSPS) is 21.6. The standard InChI is InChI=1S/C21H28BrN3O2/c1-17-5-2-3-10-25(17)21(27)16-23-11-13-24(14-12-23)20(26)9-8-18-6-4-7-19(22)15-18/h4,6-9,15,17H,2-3,5,10-14,16H2,1H3/b9-8+. The molecule has 0 saturated carbocycles.